The van der Waals surface area contributed by atoms with E-state index in [0.29, 0.717) is 23.2 Å². The van der Waals surface area contributed by atoms with E-state index in [-0.39, 0.29) is 6.10 Å². The molecule has 17 heavy (non-hydrogen) atoms. The fourth-order valence-corrected chi connectivity index (χ4v) is 8.93. The summed E-state index contributed by atoms with van der Waals surface area (Å²) in [5.41, 5.74) is 1.76. The van der Waals surface area contributed by atoms with Gasteiger partial charge < -0.3 is 9.63 Å². The lowest BCUT2D eigenvalue weighted by Gasteiger charge is -2.43. The summed E-state index contributed by atoms with van der Waals surface area (Å²) in [7, 11) is -1.81. The molecule has 0 aromatic rings. The number of hydroxylamine groups is 1. The second kappa shape index (κ2) is 5.53. The van der Waals surface area contributed by atoms with Crippen molar-refractivity contribution < 1.29 is 9.16 Å². The summed E-state index contributed by atoms with van der Waals surface area (Å²) in [6.45, 7) is 14.2. The van der Waals surface area contributed by atoms with E-state index in [1.165, 1.54) is 0 Å². The molecular weight excluding hydrogens is 230 g/mol. The van der Waals surface area contributed by atoms with Gasteiger partial charge in [-0.05, 0) is 16.6 Å². The molecule has 0 fully saturated rings. The van der Waals surface area contributed by atoms with Crippen LogP contribution in [0.25, 0.3) is 0 Å². The first-order valence-electron chi connectivity index (χ1n) is 6.75. The molecule has 1 aliphatic rings. The van der Waals surface area contributed by atoms with Crippen LogP contribution in [0.2, 0.25) is 16.6 Å². The number of rotatable bonds is 5. The Balaban J connectivity index is 2.83. The Kier molecular flexibility index (Phi) is 4.78. The van der Waals surface area contributed by atoms with Gasteiger partial charge in [-0.25, -0.2) is 4.74 Å². The highest BCUT2D eigenvalue weighted by atomic mass is 28.4. The lowest BCUT2D eigenvalue weighted by molar-refractivity contribution is -0.451. The van der Waals surface area contributed by atoms with E-state index in [4.69, 9.17) is 4.43 Å². The van der Waals surface area contributed by atoms with Crippen molar-refractivity contribution in [3.63, 3.8) is 0 Å². The quantitative estimate of drug-likeness (QED) is 0.429. The minimum atomic E-state index is -1.81. The molecule has 1 rings (SSSR count). The Morgan fingerprint density at radius 1 is 1.12 bits per heavy atom. The summed E-state index contributed by atoms with van der Waals surface area (Å²) in [4.78, 5) is 0. The SMILES string of the molecule is CC(C)[Si](OC1CC=[N+]([O-])C1)(C(C)C)C(C)C. The highest BCUT2D eigenvalue weighted by molar-refractivity contribution is 6.77. The molecule has 0 aliphatic carbocycles. The van der Waals surface area contributed by atoms with Gasteiger partial charge in [0, 0.05) is 0 Å². The van der Waals surface area contributed by atoms with Crippen molar-refractivity contribution in [2.24, 2.45) is 0 Å². The molecule has 0 aromatic carbocycles. The summed E-state index contributed by atoms with van der Waals surface area (Å²) < 4.78 is 7.54. The Morgan fingerprint density at radius 2 is 1.59 bits per heavy atom. The van der Waals surface area contributed by atoms with Crippen LogP contribution < -0.4 is 0 Å². The van der Waals surface area contributed by atoms with E-state index < -0.39 is 8.32 Å². The van der Waals surface area contributed by atoms with Crippen molar-refractivity contribution in [3.05, 3.63) is 5.21 Å². The standard InChI is InChI=1S/C13H27NO2Si/c1-10(2)17(11(3)4,12(5)6)16-13-7-8-14(15)9-13/h8,10-13H,7,9H2,1-6H3. The van der Waals surface area contributed by atoms with Crippen LogP contribution in [0.1, 0.15) is 48.0 Å². The highest BCUT2D eigenvalue weighted by Gasteiger charge is 2.47. The molecule has 0 radical (unpaired) electrons. The van der Waals surface area contributed by atoms with Crippen LogP contribution in [0.15, 0.2) is 0 Å². The maximum atomic E-state index is 11.2. The molecule has 0 N–H and O–H groups in total. The van der Waals surface area contributed by atoms with Gasteiger partial charge in [-0.2, -0.15) is 0 Å². The first kappa shape index (κ1) is 14.7. The normalized spacial score (nSPS) is 21.7. The number of hydrogen-bond acceptors (Lipinski definition) is 2. The third-order valence-electron chi connectivity index (χ3n) is 4.03. The van der Waals surface area contributed by atoms with E-state index in [1.54, 1.807) is 6.21 Å². The summed E-state index contributed by atoms with van der Waals surface area (Å²) in [6, 6.07) is 0. The first-order valence-corrected chi connectivity index (χ1v) is 8.89. The van der Waals surface area contributed by atoms with Crippen LogP contribution in [0, 0.1) is 5.21 Å². The summed E-state index contributed by atoms with van der Waals surface area (Å²) in [6.07, 6.45) is 2.61. The average molecular weight is 257 g/mol. The zero-order valence-corrected chi connectivity index (χ0v) is 13.1. The highest BCUT2D eigenvalue weighted by Crippen LogP contribution is 2.43. The second-order valence-electron chi connectivity index (χ2n) is 6.08. The van der Waals surface area contributed by atoms with Gasteiger partial charge in [-0.1, -0.05) is 41.5 Å². The van der Waals surface area contributed by atoms with Crippen LogP contribution in [0.5, 0.6) is 0 Å². The maximum absolute atomic E-state index is 11.2. The van der Waals surface area contributed by atoms with E-state index in [9.17, 15) is 5.21 Å². The van der Waals surface area contributed by atoms with Crippen molar-refractivity contribution in [1.29, 1.82) is 0 Å². The van der Waals surface area contributed by atoms with E-state index in [1.807, 2.05) is 0 Å². The Labute approximate surface area is 107 Å². The molecule has 1 atom stereocenters. The number of nitrogens with zero attached hydrogens (tertiary/aromatic N) is 1. The first-order chi connectivity index (χ1) is 7.80. The smallest absolute Gasteiger partial charge is 0.201 e. The zero-order valence-electron chi connectivity index (χ0n) is 12.1. The van der Waals surface area contributed by atoms with Crippen molar-refractivity contribution >= 4 is 14.5 Å². The largest absolute Gasteiger partial charge is 0.624 e. The molecule has 1 unspecified atom stereocenters. The predicted octanol–water partition coefficient (Wildman–Crippen LogP) is 3.53. The second-order valence-corrected chi connectivity index (χ2v) is 11.5. The maximum Gasteiger partial charge on any atom is 0.201 e. The summed E-state index contributed by atoms with van der Waals surface area (Å²) in [5.74, 6) is 0. The monoisotopic (exact) mass is 257 g/mol. The molecule has 0 saturated heterocycles. The molecular formula is C13H27NO2Si. The Hall–Kier alpha value is -0.353. The third-order valence-corrected chi connectivity index (χ3v) is 10.2. The third kappa shape index (κ3) is 2.91. The van der Waals surface area contributed by atoms with E-state index in [0.717, 1.165) is 11.2 Å². The van der Waals surface area contributed by atoms with Gasteiger partial charge in [-0.15, -0.1) is 0 Å². The fraction of sp³-hybridized carbons (Fsp3) is 0.923. The van der Waals surface area contributed by atoms with Gasteiger partial charge in [-0.3, -0.25) is 0 Å². The molecule has 4 heteroatoms. The van der Waals surface area contributed by atoms with Crippen LogP contribution in [0.3, 0.4) is 0 Å². The minimum absolute atomic E-state index is 0.117. The summed E-state index contributed by atoms with van der Waals surface area (Å²) >= 11 is 0. The molecule has 100 valence electrons. The van der Waals surface area contributed by atoms with Crippen molar-refractivity contribution in [1.82, 2.24) is 0 Å². The van der Waals surface area contributed by atoms with E-state index >= 15 is 0 Å². The zero-order chi connectivity index (χ0) is 13.2. The predicted molar refractivity (Wildman–Crippen MR) is 75.1 cm³/mol. The molecule has 1 aliphatic heterocycles. The Morgan fingerprint density at radius 3 is 1.88 bits per heavy atom. The van der Waals surface area contributed by atoms with Crippen molar-refractivity contribution in [2.45, 2.75) is 70.7 Å². The van der Waals surface area contributed by atoms with Crippen molar-refractivity contribution in [3.8, 4) is 0 Å². The van der Waals surface area contributed by atoms with Crippen molar-refractivity contribution in [2.75, 3.05) is 6.54 Å². The van der Waals surface area contributed by atoms with Crippen LogP contribution in [-0.4, -0.2) is 31.9 Å². The molecule has 0 saturated carbocycles. The van der Waals surface area contributed by atoms with Gasteiger partial charge in [0.1, 0.15) is 6.10 Å². The molecule has 0 aromatic heterocycles. The molecule has 0 bridgehead atoms. The Bertz CT molecular complexity index is 265. The lowest BCUT2D eigenvalue weighted by Crippen LogP contribution is -2.50. The van der Waals surface area contributed by atoms with Crippen LogP contribution in [0.4, 0.5) is 0 Å². The van der Waals surface area contributed by atoms with Gasteiger partial charge in [0.2, 0.25) is 8.32 Å². The molecule has 3 nitrogen and oxygen atoms in total. The van der Waals surface area contributed by atoms with Gasteiger partial charge in [0.15, 0.2) is 12.8 Å². The van der Waals surface area contributed by atoms with Crippen LogP contribution in [-0.2, 0) is 4.43 Å². The average Bonchev–Trinajstić information content (AvgIpc) is 2.58. The number of hydrogen-bond donors (Lipinski definition) is 0. The van der Waals surface area contributed by atoms with Gasteiger partial charge in [0.25, 0.3) is 0 Å². The topological polar surface area (TPSA) is 35.3 Å². The minimum Gasteiger partial charge on any atom is -0.624 e. The molecule has 1 heterocycles. The van der Waals surface area contributed by atoms with E-state index in [2.05, 4.69) is 41.5 Å². The molecule has 0 amide bonds. The van der Waals surface area contributed by atoms with Gasteiger partial charge >= 0.3 is 0 Å². The van der Waals surface area contributed by atoms with Gasteiger partial charge in [0.05, 0.1) is 6.42 Å². The molecule has 0 spiro atoms. The van der Waals surface area contributed by atoms with Crippen LogP contribution >= 0.6 is 0 Å². The fourth-order valence-electron chi connectivity index (χ4n) is 3.37. The summed E-state index contributed by atoms with van der Waals surface area (Å²) in [5, 5.41) is 11.2. The lowest BCUT2D eigenvalue weighted by atomic mass is 10.3.